The van der Waals surface area contributed by atoms with E-state index in [1.807, 2.05) is 18.2 Å². The van der Waals surface area contributed by atoms with Crippen molar-refractivity contribution in [3.63, 3.8) is 0 Å². The minimum atomic E-state index is 0.163. The molecule has 4 heteroatoms. The van der Waals surface area contributed by atoms with Crippen LogP contribution in [0.15, 0.2) is 24.3 Å². The first kappa shape index (κ1) is 13.6. The third-order valence-electron chi connectivity index (χ3n) is 4.41. The number of amides is 1. The molecule has 0 radical (unpaired) electrons. The van der Waals surface area contributed by atoms with E-state index in [1.165, 1.54) is 6.42 Å². The van der Waals surface area contributed by atoms with Crippen molar-refractivity contribution in [3.8, 4) is 0 Å². The Morgan fingerprint density at radius 3 is 2.95 bits per heavy atom. The van der Waals surface area contributed by atoms with Crippen molar-refractivity contribution < 1.29 is 9.53 Å². The van der Waals surface area contributed by atoms with Crippen LogP contribution in [-0.4, -0.2) is 25.1 Å². The first-order valence-electron chi connectivity index (χ1n) is 7.37. The SMILES string of the molecule is COCc1cccc(CNC(=O)C2CC3CCC2N3)c1. The first-order valence-corrected chi connectivity index (χ1v) is 7.37. The number of fused-ring (bicyclic) bond motifs is 2. The number of carbonyl (C=O) groups is 1. The molecule has 1 aromatic carbocycles. The van der Waals surface area contributed by atoms with E-state index in [-0.39, 0.29) is 11.8 Å². The molecule has 2 bridgehead atoms. The maximum atomic E-state index is 12.2. The van der Waals surface area contributed by atoms with Gasteiger partial charge in [0.25, 0.3) is 0 Å². The Bertz CT molecular complexity index is 489. The molecule has 1 amide bonds. The zero-order valence-electron chi connectivity index (χ0n) is 11.9. The molecular formula is C16H22N2O2. The van der Waals surface area contributed by atoms with E-state index in [1.54, 1.807) is 7.11 Å². The third kappa shape index (κ3) is 2.86. The molecule has 20 heavy (non-hydrogen) atoms. The van der Waals surface area contributed by atoms with Crippen LogP contribution < -0.4 is 10.6 Å². The van der Waals surface area contributed by atoms with Gasteiger partial charge >= 0.3 is 0 Å². The molecule has 3 rings (SSSR count). The molecule has 0 saturated carbocycles. The number of rotatable bonds is 5. The Morgan fingerprint density at radius 2 is 2.25 bits per heavy atom. The lowest BCUT2D eigenvalue weighted by Gasteiger charge is -2.19. The van der Waals surface area contributed by atoms with Crippen molar-refractivity contribution in [2.75, 3.05) is 7.11 Å². The second-order valence-electron chi connectivity index (χ2n) is 5.86. The van der Waals surface area contributed by atoms with E-state index in [4.69, 9.17) is 4.74 Å². The number of carbonyl (C=O) groups excluding carboxylic acids is 1. The van der Waals surface area contributed by atoms with E-state index in [0.29, 0.717) is 25.2 Å². The molecule has 3 atom stereocenters. The van der Waals surface area contributed by atoms with Crippen molar-refractivity contribution in [3.05, 3.63) is 35.4 Å². The van der Waals surface area contributed by atoms with E-state index < -0.39 is 0 Å². The molecule has 2 aliphatic rings. The maximum Gasteiger partial charge on any atom is 0.225 e. The van der Waals surface area contributed by atoms with Gasteiger partial charge in [0.1, 0.15) is 0 Å². The molecule has 3 unspecified atom stereocenters. The van der Waals surface area contributed by atoms with Crippen LogP contribution in [0.2, 0.25) is 0 Å². The van der Waals surface area contributed by atoms with Gasteiger partial charge < -0.3 is 15.4 Å². The molecular weight excluding hydrogens is 252 g/mol. The highest BCUT2D eigenvalue weighted by atomic mass is 16.5. The highest BCUT2D eigenvalue weighted by Crippen LogP contribution is 2.33. The topological polar surface area (TPSA) is 50.4 Å². The van der Waals surface area contributed by atoms with E-state index >= 15 is 0 Å². The smallest absolute Gasteiger partial charge is 0.225 e. The Hall–Kier alpha value is -1.39. The summed E-state index contributed by atoms with van der Waals surface area (Å²) in [4.78, 5) is 12.2. The fraction of sp³-hybridized carbons (Fsp3) is 0.562. The zero-order valence-corrected chi connectivity index (χ0v) is 11.9. The van der Waals surface area contributed by atoms with Crippen LogP contribution in [0.3, 0.4) is 0 Å². The van der Waals surface area contributed by atoms with Crippen LogP contribution in [0.1, 0.15) is 30.4 Å². The number of methoxy groups -OCH3 is 1. The van der Waals surface area contributed by atoms with Gasteiger partial charge in [0, 0.05) is 25.7 Å². The van der Waals surface area contributed by atoms with Crippen molar-refractivity contribution in [1.29, 1.82) is 0 Å². The molecule has 0 spiro atoms. The van der Waals surface area contributed by atoms with Gasteiger partial charge in [-0.1, -0.05) is 24.3 Å². The highest BCUT2D eigenvalue weighted by Gasteiger charge is 2.42. The maximum absolute atomic E-state index is 12.2. The minimum absolute atomic E-state index is 0.163. The van der Waals surface area contributed by atoms with Gasteiger partial charge in [0.15, 0.2) is 0 Å². The number of nitrogens with one attached hydrogen (secondary N) is 2. The van der Waals surface area contributed by atoms with Crippen molar-refractivity contribution in [2.45, 2.75) is 44.5 Å². The Labute approximate surface area is 119 Å². The number of ether oxygens (including phenoxy) is 1. The van der Waals surface area contributed by atoms with Gasteiger partial charge in [-0.05, 0) is 30.4 Å². The van der Waals surface area contributed by atoms with Crippen molar-refractivity contribution in [1.82, 2.24) is 10.6 Å². The molecule has 0 aliphatic carbocycles. The molecule has 2 fully saturated rings. The molecule has 2 saturated heterocycles. The summed E-state index contributed by atoms with van der Waals surface area (Å²) in [6.07, 6.45) is 3.37. The van der Waals surface area contributed by atoms with Gasteiger partial charge in [-0.2, -0.15) is 0 Å². The summed E-state index contributed by atoms with van der Waals surface area (Å²) in [5.41, 5.74) is 2.27. The van der Waals surface area contributed by atoms with Crippen LogP contribution >= 0.6 is 0 Å². The Kier molecular flexibility index (Phi) is 4.03. The highest BCUT2D eigenvalue weighted by molar-refractivity contribution is 5.80. The lowest BCUT2D eigenvalue weighted by atomic mass is 9.88. The van der Waals surface area contributed by atoms with Gasteiger partial charge in [-0.25, -0.2) is 0 Å². The molecule has 4 nitrogen and oxygen atoms in total. The van der Waals surface area contributed by atoms with Crippen LogP contribution in [0.5, 0.6) is 0 Å². The molecule has 1 aromatic rings. The van der Waals surface area contributed by atoms with Crippen molar-refractivity contribution >= 4 is 5.91 Å². The second-order valence-corrected chi connectivity index (χ2v) is 5.86. The number of hydrogen-bond donors (Lipinski definition) is 2. The minimum Gasteiger partial charge on any atom is -0.380 e. The second kappa shape index (κ2) is 5.94. The molecule has 2 heterocycles. The van der Waals surface area contributed by atoms with Crippen LogP contribution in [0.4, 0.5) is 0 Å². The fourth-order valence-electron chi connectivity index (χ4n) is 3.43. The average molecular weight is 274 g/mol. The predicted octanol–water partition coefficient (Wildman–Crippen LogP) is 1.59. The normalized spacial score (nSPS) is 27.8. The van der Waals surface area contributed by atoms with Crippen LogP contribution in [-0.2, 0) is 22.7 Å². The summed E-state index contributed by atoms with van der Waals surface area (Å²) in [6, 6.07) is 9.14. The lowest BCUT2D eigenvalue weighted by Crippen LogP contribution is -2.37. The Morgan fingerprint density at radius 1 is 1.40 bits per heavy atom. The molecule has 2 aliphatic heterocycles. The van der Waals surface area contributed by atoms with Gasteiger partial charge in [0.05, 0.1) is 12.5 Å². The van der Waals surface area contributed by atoms with E-state index in [0.717, 1.165) is 24.0 Å². The summed E-state index contributed by atoms with van der Waals surface area (Å²) in [7, 11) is 1.69. The summed E-state index contributed by atoms with van der Waals surface area (Å²) in [5, 5.41) is 6.58. The monoisotopic (exact) mass is 274 g/mol. The average Bonchev–Trinajstić information content (AvgIpc) is 3.08. The molecule has 0 aromatic heterocycles. The molecule has 108 valence electrons. The van der Waals surface area contributed by atoms with Crippen LogP contribution in [0.25, 0.3) is 0 Å². The van der Waals surface area contributed by atoms with Gasteiger partial charge in [0.2, 0.25) is 5.91 Å². The molecule has 2 N–H and O–H groups in total. The van der Waals surface area contributed by atoms with E-state index in [2.05, 4.69) is 16.7 Å². The number of benzene rings is 1. The Balaban J connectivity index is 1.54. The van der Waals surface area contributed by atoms with Crippen LogP contribution in [0, 0.1) is 5.92 Å². The quantitative estimate of drug-likeness (QED) is 0.857. The summed E-state index contributed by atoms with van der Waals surface area (Å²) >= 11 is 0. The standard InChI is InChI=1S/C16H22N2O2/c1-20-10-12-4-2-3-11(7-12)9-17-16(19)14-8-13-5-6-15(14)18-13/h2-4,7,13-15,18H,5-6,8-10H2,1H3,(H,17,19). The fourth-order valence-corrected chi connectivity index (χ4v) is 3.43. The first-order chi connectivity index (χ1) is 9.76. The van der Waals surface area contributed by atoms with Gasteiger partial charge in [-0.15, -0.1) is 0 Å². The summed E-state index contributed by atoms with van der Waals surface area (Å²) < 4.78 is 5.13. The van der Waals surface area contributed by atoms with Crippen molar-refractivity contribution in [2.24, 2.45) is 5.92 Å². The predicted molar refractivity (Wildman–Crippen MR) is 77.1 cm³/mol. The zero-order chi connectivity index (χ0) is 13.9. The number of hydrogen-bond acceptors (Lipinski definition) is 3. The lowest BCUT2D eigenvalue weighted by molar-refractivity contribution is -0.125. The third-order valence-corrected chi connectivity index (χ3v) is 4.41. The summed E-state index contributed by atoms with van der Waals surface area (Å²) in [6.45, 7) is 1.21. The largest absolute Gasteiger partial charge is 0.380 e. The van der Waals surface area contributed by atoms with E-state index in [9.17, 15) is 4.79 Å². The van der Waals surface area contributed by atoms with Gasteiger partial charge in [-0.3, -0.25) is 4.79 Å². The summed E-state index contributed by atoms with van der Waals surface area (Å²) in [5.74, 6) is 0.359.